The molecule has 0 aliphatic heterocycles. The monoisotopic (exact) mass is 241 g/mol. The van der Waals surface area contributed by atoms with Gasteiger partial charge in [0.15, 0.2) is 0 Å². The second-order valence-corrected chi connectivity index (χ2v) is 4.24. The average Bonchev–Trinajstić information content (AvgIpc) is 2.30. The van der Waals surface area contributed by atoms with Gasteiger partial charge in [0, 0.05) is 6.54 Å². The van der Waals surface area contributed by atoms with E-state index in [-0.39, 0.29) is 24.7 Å². The molecule has 0 spiro atoms. The van der Waals surface area contributed by atoms with E-state index >= 15 is 0 Å². The Morgan fingerprint density at radius 1 is 1.41 bits per heavy atom. The Kier molecular flexibility index (Phi) is 4.60. The van der Waals surface area contributed by atoms with Gasteiger partial charge in [-0.3, -0.25) is 4.79 Å². The van der Waals surface area contributed by atoms with Crippen LogP contribution in [0.1, 0.15) is 12.5 Å². The SMILES string of the molecule is CC(O)(CO)CNC(=O)Cc1ccc(F)cc1. The first-order chi connectivity index (χ1) is 7.93. The zero-order valence-corrected chi connectivity index (χ0v) is 9.61. The van der Waals surface area contributed by atoms with E-state index in [0.29, 0.717) is 5.56 Å². The van der Waals surface area contributed by atoms with Crippen molar-refractivity contribution >= 4 is 5.91 Å². The van der Waals surface area contributed by atoms with Crippen LogP contribution in [0.25, 0.3) is 0 Å². The second kappa shape index (κ2) is 5.75. The molecule has 0 radical (unpaired) electrons. The number of halogens is 1. The minimum Gasteiger partial charge on any atom is -0.393 e. The first kappa shape index (κ1) is 13.6. The van der Waals surface area contributed by atoms with Gasteiger partial charge >= 0.3 is 0 Å². The molecule has 1 unspecified atom stereocenters. The fourth-order valence-electron chi connectivity index (χ4n) is 1.20. The number of aliphatic hydroxyl groups excluding tert-OH is 1. The number of benzene rings is 1. The molecule has 17 heavy (non-hydrogen) atoms. The van der Waals surface area contributed by atoms with Crippen LogP contribution in [0.4, 0.5) is 4.39 Å². The highest BCUT2D eigenvalue weighted by Crippen LogP contribution is 2.04. The predicted molar refractivity (Wildman–Crippen MR) is 60.8 cm³/mol. The van der Waals surface area contributed by atoms with Crippen molar-refractivity contribution in [1.29, 1.82) is 0 Å². The van der Waals surface area contributed by atoms with E-state index in [2.05, 4.69) is 5.32 Å². The molecule has 5 heteroatoms. The minimum atomic E-state index is -1.32. The Bertz CT molecular complexity index is 376. The largest absolute Gasteiger partial charge is 0.393 e. The third-order valence-corrected chi connectivity index (χ3v) is 2.28. The molecule has 0 aliphatic carbocycles. The summed E-state index contributed by atoms with van der Waals surface area (Å²) in [4.78, 5) is 11.5. The van der Waals surface area contributed by atoms with Crippen LogP contribution < -0.4 is 5.32 Å². The molecule has 0 aliphatic rings. The van der Waals surface area contributed by atoms with Crippen molar-refractivity contribution in [3.8, 4) is 0 Å². The Balaban J connectivity index is 2.42. The Labute approximate surface area is 99.1 Å². The lowest BCUT2D eigenvalue weighted by molar-refractivity contribution is -0.121. The molecule has 1 aromatic rings. The van der Waals surface area contributed by atoms with Crippen LogP contribution in [-0.4, -0.2) is 34.9 Å². The molecule has 0 saturated heterocycles. The lowest BCUT2D eigenvalue weighted by Crippen LogP contribution is -2.43. The molecule has 0 saturated carbocycles. The summed E-state index contributed by atoms with van der Waals surface area (Å²) in [5.41, 5.74) is -0.633. The van der Waals surface area contributed by atoms with E-state index < -0.39 is 12.2 Å². The van der Waals surface area contributed by atoms with Crippen LogP contribution in [0.5, 0.6) is 0 Å². The standard InChI is InChI=1S/C12H16FNO3/c1-12(17,8-15)7-14-11(16)6-9-2-4-10(13)5-3-9/h2-5,15,17H,6-8H2,1H3,(H,14,16). The maximum Gasteiger partial charge on any atom is 0.224 e. The van der Waals surface area contributed by atoms with Crippen LogP contribution in [0.15, 0.2) is 24.3 Å². The number of rotatable bonds is 5. The van der Waals surface area contributed by atoms with E-state index in [4.69, 9.17) is 5.11 Å². The van der Waals surface area contributed by atoms with Gasteiger partial charge in [-0.25, -0.2) is 4.39 Å². The van der Waals surface area contributed by atoms with Gasteiger partial charge in [0.05, 0.1) is 13.0 Å². The van der Waals surface area contributed by atoms with Crippen molar-refractivity contribution in [2.75, 3.05) is 13.2 Å². The molecule has 1 rings (SSSR count). The maximum absolute atomic E-state index is 12.6. The fraction of sp³-hybridized carbons (Fsp3) is 0.417. The Hall–Kier alpha value is -1.46. The summed E-state index contributed by atoms with van der Waals surface area (Å²) >= 11 is 0. The number of carbonyl (C=O) groups excluding carboxylic acids is 1. The third-order valence-electron chi connectivity index (χ3n) is 2.28. The number of amides is 1. The quantitative estimate of drug-likeness (QED) is 0.691. The predicted octanol–water partition coefficient (Wildman–Crippen LogP) is 0.228. The summed E-state index contributed by atoms with van der Waals surface area (Å²) < 4.78 is 12.6. The van der Waals surface area contributed by atoms with Gasteiger partial charge in [-0.2, -0.15) is 0 Å². The highest BCUT2D eigenvalue weighted by molar-refractivity contribution is 5.78. The topological polar surface area (TPSA) is 69.6 Å². The van der Waals surface area contributed by atoms with Gasteiger partial charge in [-0.1, -0.05) is 12.1 Å². The molecule has 3 N–H and O–H groups in total. The molecule has 0 bridgehead atoms. The summed E-state index contributed by atoms with van der Waals surface area (Å²) in [6.07, 6.45) is 0.113. The highest BCUT2D eigenvalue weighted by Gasteiger charge is 2.19. The molecule has 4 nitrogen and oxygen atoms in total. The van der Waals surface area contributed by atoms with Gasteiger partial charge in [-0.05, 0) is 24.6 Å². The zero-order valence-electron chi connectivity index (χ0n) is 9.61. The smallest absolute Gasteiger partial charge is 0.224 e. The fourth-order valence-corrected chi connectivity index (χ4v) is 1.20. The number of aliphatic hydroxyl groups is 2. The summed E-state index contributed by atoms with van der Waals surface area (Å²) in [5, 5.41) is 20.7. The second-order valence-electron chi connectivity index (χ2n) is 4.24. The summed E-state index contributed by atoms with van der Waals surface area (Å²) in [6, 6.07) is 5.62. The maximum atomic E-state index is 12.6. The van der Waals surface area contributed by atoms with Crippen LogP contribution in [-0.2, 0) is 11.2 Å². The Morgan fingerprint density at radius 2 is 2.00 bits per heavy atom. The van der Waals surface area contributed by atoms with Crippen LogP contribution >= 0.6 is 0 Å². The van der Waals surface area contributed by atoms with Crippen molar-refractivity contribution in [2.45, 2.75) is 18.9 Å². The third kappa shape index (κ3) is 4.93. The van der Waals surface area contributed by atoms with E-state index in [9.17, 15) is 14.3 Å². The highest BCUT2D eigenvalue weighted by atomic mass is 19.1. The van der Waals surface area contributed by atoms with Crippen molar-refractivity contribution in [2.24, 2.45) is 0 Å². The molecule has 94 valence electrons. The molecular weight excluding hydrogens is 225 g/mol. The van der Waals surface area contributed by atoms with Crippen molar-refractivity contribution < 1.29 is 19.4 Å². The zero-order chi connectivity index (χ0) is 12.9. The molecule has 1 aromatic carbocycles. The van der Waals surface area contributed by atoms with Crippen molar-refractivity contribution in [3.05, 3.63) is 35.6 Å². The van der Waals surface area contributed by atoms with E-state index in [1.54, 1.807) is 0 Å². The molecule has 0 aromatic heterocycles. The average molecular weight is 241 g/mol. The lowest BCUT2D eigenvalue weighted by atomic mass is 10.1. The number of hydrogen-bond donors (Lipinski definition) is 3. The van der Waals surface area contributed by atoms with Gasteiger partial charge < -0.3 is 15.5 Å². The van der Waals surface area contributed by atoms with Crippen molar-refractivity contribution in [1.82, 2.24) is 5.32 Å². The number of nitrogens with one attached hydrogen (secondary N) is 1. The first-order valence-corrected chi connectivity index (χ1v) is 5.27. The lowest BCUT2D eigenvalue weighted by Gasteiger charge is -2.20. The van der Waals surface area contributed by atoms with Crippen molar-refractivity contribution in [3.63, 3.8) is 0 Å². The van der Waals surface area contributed by atoms with Gasteiger partial charge in [0.2, 0.25) is 5.91 Å². The Morgan fingerprint density at radius 3 is 2.53 bits per heavy atom. The minimum absolute atomic E-state index is 0.0243. The van der Waals surface area contributed by atoms with Gasteiger partial charge in [0.1, 0.15) is 11.4 Å². The summed E-state index contributed by atoms with van der Waals surface area (Å²) in [7, 11) is 0. The first-order valence-electron chi connectivity index (χ1n) is 5.27. The van der Waals surface area contributed by atoms with E-state index in [0.717, 1.165) is 0 Å². The molecule has 1 amide bonds. The van der Waals surface area contributed by atoms with Crippen LogP contribution in [0.3, 0.4) is 0 Å². The van der Waals surface area contributed by atoms with Gasteiger partial charge in [-0.15, -0.1) is 0 Å². The van der Waals surface area contributed by atoms with E-state index in [1.807, 2.05) is 0 Å². The molecule has 1 atom stereocenters. The molecule has 0 heterocycles. The van der Waals surface area contributed by atoms with E-state index in [1.165, 1.54) is 31.2 Å². The van der Waals surface area contributed by atoms with Crippen LogP contribution in [0.2, 0.25) is 0 Å². The summed E-state index contributed by atoms with van der Waals surface area (Å²) in [6.45, 7) is 0.971. The summed E-state index contributed by atoms with van der Waals surface area (Å²) in [5.74, 6) is -0.636. The molecular formula is C12H16FNO3. The normalized spacial score (nSPS) is 14.1. The van der Waals surface area contributed by atoms with Crippen LogP contribution in [0, 0.1) is 5.82 Å². The molecule has 0 fully saturated rings. The number of carbonyl (C=O) groups is 1. The van der Waals surface area contributed by atoms with Gasteiger partial charge in [0.25, 0.3) is 0 Å². The number of hydrogen-bond acceptors (Lipinski definition) is 3.